The second kappa shape index (κ2) is 6.69. The quantitative estimate of drug-likeness (QED) is 0.908. The first-order chi connectivity index (χ1) is 10.6. The third-order valence-corrected chi connectivity index (χ3v) is 5.11. The number of hydrogen-bond donors (Lipinski definition) is 1. The Labute approximate surface area is 132 Å². The van der Waals surface area contributed by atoms with Crippen molar-refractivity contribution in [1.29, 1.82) is 0 Å². The molecule has 3 unspecified atom stereocenters. The molecule has 4 nitrogen and oxygen atoms in total. The number of likely N-dealkylation sites (tertiary alicyclic amines) is 1. The summed E-state index contributed by atoms with van der Waals surface area (Å²) in [7, 11) is 0. The molecule has 1 aliphatic carbocycles. The Kier molecular flexibility index (Phi) is 4.67. The van der Waals surface area contributed by atoms with E-state index in [0.29, 0.717) is 25.1 Å². The molecule has 1 heterocycles. The van der Waals surface area contributed by atoms with Crippen molar-refractivity contribution < 1.29 is 14.6 Å². The van der Waals surface area contributed by atoms with E-state index in [-0.39, 0.29) is 6.04 Å². The van der Waals surface area contributed by atoms with Gasteiger partial charge in [0.25, 0.3) is 0 Å². The number of aryl methyl sites for hydroxylation is 1. The molecule has 2 fully saturated rings. The first-order valence-electron chi connectivity index (χ1n) is 8.33. The molecule has 0 bridgehead atoms. The number of aliphatic carboxylic acids is 1. The lowest BCUT2D eigenvalue weighted by atomic mass is 9.85. The maximum absolute atomic E-state index is 11.6. The summed E-state index contributed by atoms with van der Waals surface area (Å²) in [4.78, 5) is 13.7. The summed E-state index contributed by atoms with van der Waals surface area (Å²) in [5, 5.41) is 9.50. The first kappa shape index (κ1) is 15.3. The highest BCUT2D eigenvalue weighted by Crippen LogP contribution is 2.39. The molecule has 120 valence electrons. The normalized spacial score (nSPS) is 28.3. The Hall–Kier alpha value is -1.55. The Morgan fingerprint density at radius 2 is 2.18 bits per heavy atom. The van der Waals surface area contributed by atoms with Gasteiger partial charge in [0, 0.05) is 12.6 Å². The van der Waals surface area contributed by atoms with Gasteiger partial charge in [-0.3, -0.25) is 9.69 Å². The van der Waals surface area contributed by atoms with Crippen LogP contribution in [0.1, 0.15) is 37.7 Å². The van der Waals surface area contributed by atoms with Gasteiger partial charge < -0.3 is 9.84 Å². The SMILES string of the molecule is Cc1cccc(OCCN2C(C(=O)O)CC3CCCCC32)c1. The number of carbonyl (C=O) groups is 1. The van der Waals surface area contributed by atoms with Crippen molar-refractivity contribution >= 4 is 5.97 Å². The predicted octanol–water partition coefficient (Wildman–Crippen LogP) is 3.09. The van der Waals surface area contributed by atoms with Gasteiger partial charge in [-0.15, -0.1) is 0 Å². The topological polar surface area (TPSA) is 49.8 Å². The van der Waals surface area contributed by atoms with Gasteiger partial charge in [-0.2, -0.15) is 0 Å². The van der Waals surface area contributed by atoms with Crippen LogP contribution in [0.3, 0.4) is 0 Å². The zero-order chi connectivity index (χ0) is 15.5. The molecule has 1 saturated carbocycles. The van der Waals surface area contributed by atoms with Crippen LogP contribution in [0, 0.1) is 12.8 Å². The van der Waals surface area contributed by atoms with Crippen molar-refractivity contribution in [3.8, 4) is 5.75 Å². The number of benzene rings is 1. The maximum atomic E-state index is 11.6. The molecule has 0 spiro atoms. The van der Waals surface area contributed by atoms with Crippen LogP contribution >= 0.6 is 0 Å². The second-order valence-electron chi connectivity index (χ2n) is 6.60. The van der Waals surface area contributed by atoms with Gasteiger partial charge in [0.05, 0.1) is 0 Å². The van der Waals surface area contributed by atoms with Crippen molar-refractivity contribution in [2.24, 2.45) is 5.92 Å². The Balaban J connectivity index is 1.60. The molecule has 0 aromatic heterocycles. The van der Waals surface area contributed by atoms with Crippen molar-refractivity contribution in [2.75, 3.05) is 13.2 Å². The minimum absolute atomic E-state index is 0.325. The van der Waals surface area contributed by atoms with Crippen LogP contribution in [0.5, 0.6) is 5.75 Å². The van der Waals surface area contributed by atoms with E-state index in [2.05, 4.69) is 4.90 Å². The minimum Gasteiger partial charge on any atom is -0.492 e. The van der Waals surface area contributed by atoms with Crippen molar-refractivity contribution in [3.63, 3.8) is 0 Å². The molecule has 22 heavy (non-hydrogen) atoms. The lowest BCUT2D eigenvalue weighted by molar-refractivity contribution is -0.142. The zero-order valence-corrected chi connectivity index (χ0v) is 13.2. The Morgan fingerprint density at radius 1 is 1.36 bits per heavy atom. The van der Waals surface area contributed by atoms with Crippen molar-refractivity contribution in [3.05, 3.63) is 29.8 Å². The number of carboxylic acids is 1. The number of hydrogen-bond acceptors (Lipinski definition) is 3. The lowest BCUT2D eigenvalue weighted by Crippen LogP contribution is -2.44. The molecule has 0 radical (unpaired) electrons. The minimum atomic E-state index is -0.676. The molecule has 0 amide bonds. The fourth-order valence-corrected chi connectivity index (χ4v) is 4.09. The van der Waals surface area contributed by atoms with Crippen molar-refractivity contribution in [2.45, 2.75) is 51.1 Å². The Bertz CT molecular complexity index is 531. The summed E-state index contributed by atoms with van der Waals surface area (Å²) < 4.78 is 5.82. The van der Waals surface area contributed by atoms with Gasteiger partial charge in [-0.05, 0) is 49.8 Å². The molecule has 4 heteroatoms. The molecular formula is C18H25NO3. The molecule has 1 aromatic carbocycles. The van der Waals surface area contributed by atoms with E-state index in [1.165, 1.54) is 24.8 Å². The van der Waals surface area contributed by atoms with E-state index in [1.807, 2.05) is 31.2 Å². The fourth-order valence-electron chi connectivity index (χ4n) is 4.09. The summed E-state index contributed by atoms with van der Waals surface area (Å²) in [6.45, 7) is 3.29. The first-order valence-corrected chi connectivity index (χ1v) is 8.33. The average molecular weight is 303 g/mol. The van der Waals surface area contributed by atoms with E-state index in [1.54, 1.807) is 0 Å². The van der Waals surface area contributed by atoms with E-state index in [0.717, 1.165) is 18.6 Å². The van der Waals surface area contributed by atoms with E-state index in [9.17, 15) is 9.90 Å². The Morgan fingerprint density at radius 3 is 2.95 bits per heavy atom. The molecular weight excluding hydrogens is 278 g/mol. The maximum Gasteiger partial charge on any atom is 0.320 e. The molecule has 1 aliphatic heterocycles. The second-order valence-corrected chi connectivity index (χ2v) is 6.60. The number of rotatable bonds is 5. The van der Waals surface area contributed by atoms with Crippen LogP contribution in [0.25, 0.3) is 0 Å². The fraction of sp³-hybridized carbons (Fsp3) is 0.611. The highest BCUT2D eigenvalue weighted by molar-refractivity contribution is 5.74. The third-order valence-electron chi connectivity index (χ3n) is 5.11. The van der Waals surface area contributed by atoms with Gasteiger partial charge in [-0.1, -0.05) is 25.0 Å². The van der Waals surface area contributed by atoms with Crippen molar-refractivity contribution in [1.82, 2.24) is 4.90 Å². The van der Waals surface area contributed by atoms with E-state index >= 15 is 0 Å². The number of fused-ring (bicyclic) bond motifs is 1. The average Bonchev–Trinajstić information content (AvgIpc) is 2.87. The van der Waals surface area contributed by atoms with Crippen LogP contribution in [0.2, 0.25) is 0 Å². The highest BCUT2D eigenvalue weighted by Gasteiger charge is 2.44. The molecule has 1 aromatic rings. The predicted molar refractivity (Wildman–Crippen MR) is 85.2 cm³/mol. The summed E-state index contributed by atoms with van der Waals surface area (Å²) in [5.41, 5.74) is 1.18. The zero-order valence-electron chi connectivity index (χ0n) is 13.2. The summed E-state index contributed by atoms with van der Waals surface area (Å²) >= 11 is 0. The van der Waals surface area contributed by atoms with Crippen LogP contribution in [-0.2, 0) is 4.79 Å². The molecule has 3 atom stereocenters. The molecule has 2 aliphatic rings. The largest absolute Gasteiger partial charge is 0.492 e. The number of carboxylic acid groups (broad SMARTS) is 1. The van der Waals surface area contributed by atoms with Crippen LogP contribution in [0.4, 0.5) is 0 Å². The number of ether oxygens (including phenoxy) is 1. The monoisotopic (exact) mass is 303 g/mol. The van der Waals surface area contributed by atoms with E-state index in [4.69, 9.17) is 4.74 Å². The number of nitrogens with zero attached hydrogens (tertiary/aromatic N) is 1. The third kappa shape index (κ3) is 3.27. The summed E-state index contributed by atoms with van der Waals surface area (Å²) in [5.74, 6) is 0.755. The van der Waals surface area contributed by atoms with Gasteiger partial charge >= 0.3 is 5.97 Å². The standard InChI is InChI=1S/C18H25NO3/c1-13-5-4-7-15(11-13)22-10-9-19-16-8-3-2-6-14(16)12-17(19)18(20)21/h4-5,7,11,14,16-17H,2-3,6,8-10,12H2,1H3,(H,20,21). The van der Waals surface area contributed by atoms with Crippen LogP contribution in [0.15, 0.2) is 24.3 Å². The summed E-state index contributed by atoms with van der Waals surface area (Å²) in [6.07, 6.45) is 5.61. The summed E-state index contributed by atoms with van der Waals surface area (Å²) in [6, 6.07) is 8.11. The van der Waals surface area contributed by atoms with Gasteiger partial charge in [0.2, 0.25) is 0 Å². The van der Waals surface area contributed by atoms with Gasteiger partial charge in [-0.25, -0.2) is 0 Å². The molecule has 1 saturated heterocycles. The van der Waals surface area contributed by atoms with Gasteiger partial charge in [0.1, 0.15) is 18.4 Å². The van der Waals surface area contributed by atoms with Crippen LogP contribution < -0.4 is 4.74 Å². The molecule has 1 N–H and O–H groups in total. The van der Waals surface area contributed by atoms with Gasteiger partial charge in [0.15, 0.2) is 0 Å². The lowest BCUT2D eigenvalue weighted by Gasteiger charge is -2.32. The molecule has 3 rings (SSSR count). The highest BCUT2D eigenvalue weighted by atomic mass is 16.5. The smallest absolute Gasteiger partial charge is 0.320 e. The van der Waals surface area contributed by atoms with E-state index < -0.39 is 5.97 Å². The van der Waals surface area contributed by atoms with Crippen LogP contribution in [-0.4, -0.2) is 41.2 Å².